The van der Waals surface area contributed by atoms with Crippen LogP contribution in [0.3, 0.4) is 0 Å². The van der Waals surface area contributed by atoms with Gasteiger partial charge in [-0.1, -0.05) is 44.2 Å². The zero-order valence-corrected chi connectivity index (χ0v) is 10.2. The number of hydrogen-bond acceptors (Lipinski definition) is 1. The molecule has 1 atom stereocenters. The third-order valence-electron chi connectivity index (χ3n) is 2.71. The van der Waals surface area contributed by atoms with E-state index in [1.807, 2.05) is 0 Å². The van der Waals surface area contributed by atoms with Crippen molar-refractivity contribution in [1.29, 1.82) is 0 Å². The van der Waals surface area contributed by atoms with Gasteiger partial charge in [-0.25, -0.2) is 0 Å². The second-order valence-corrected chi connectivity index (χ2v) is 4.62. The Morgan fingerprint density at radius 3 is 2.33 bits per heavy atom. The molecule has 0 amide bonds. The van der Waals surface area contributed by atoms with Gasteiger partial charge in [0, 0.05) is 6.04 Å². The molecule has 0 bridgehead atoms. The highest BCUT2D eigenvalue weighted by Crippen LogP contribution is 2.11. The van der Waals surface area contributed by atoms with Crippen LogP contribution in [0.15, 0.2) is 30.3 Å². The summed E-state index contributed by atoms with van der Waals surface area (Å²) < 4.78 is 0. The van der Waals surface area contributed by atoms with Crippen molar-refractivity contribution in [2.75, 3.05) is 6.54 Å². The molecule has 1 aromatic rings. The smallest absolute Gasteiger partial charge is 0.0291 e. The number of benzene rings is 1. The van der Waals surface area contributed by atoms with Crippen LogP contribution in [0, 0.1) is 5.92 Å². The van der Waals surface area contributed by atoms with E-state index >= 15 is 0 Å². The van der Waals surface area contributed by atoms with Gasteiger partial charge in [0.1, 0.15) is 0 Å². The topological polar surface area (TPSA) is 12.0 Å². The molecule has 0 heterocycles. The van der Waals surface area contributed by atoms with Crippen molar-refractivity contribution >= 4 is 0 Å². The average Bonchev–Trinajstić information content (AvgIpc) is 2.25. The molecule has 0 saturated carbocycles. The fourth-order valence-electron chi connectivity index (χ4n) is 1.69. The molecule has 1 heteroatoms. The van der Waals surface area contributed by atoms with Crippen LogP contribution in [0.4, 0.5) is 0 Å². The van der Waals surface area contributed by atoms with Crippen LogP contribution in [0.25, 0.3) is 0 Å². The molecule has 0 aliphatic heterocycles. The molecule has 0 fully saturated rings. The van der Waals surface area contributed by atoms with E-state index < -0.39 is 0 Å². The lowest BCUT2D eigenvalue weighted by Gasteiger charge is -2.14. The SMILES string of the molecule is CC(C)CCCN[C@H](C)c1ccccc1. The van der Waals surface area contributed by atoms with Crippen molar-refractivity contribution in [1.82, 2.24) is 5.32 Å². The summed E-state index contributed by atoms with van der Waals surface area (Å²) in [6, 6.07) is 11.1. The van der Waals surface area contributed by atoms with E-state index in [9.17, 15) is 0 Å². The van der Waals surface area contributed by atoms with Gasteiger partial charge < -0.3 is 5.32 Å². The Hall–Kier alpha value is -0.820. The largest absolute Gasteiger partial charge is 0.310 e. The van der Waals surface area contributed by atoms with Gasteiger partial charge in [-0.05, 0) is 37.8 Å². The molecule has 0 unspecified atom stereocenters. The van der Waals surface area contributed by atoms with Gasteiger partial charge in [0.2, 0.25) is 0 Å². The number of hydrogen-bond donors (Lipinski definition) is 1. The molecule has 1 nitrogen and oxygen atoms in total. The molecular weight excluding hydrogens is 182 g/mol. The summed E-state index contributed by atoms with van der Waals surface area (Å²) in [6.07, 6.45) is 2.59. The van der Waals surface area contributed by atoms with Crippen LogP contribution in [-0.4, -0.2) is 6.54 Å². The summed E-state index contributed by atoms with van der Waals surface area (Å²) in [7, 11) is 0. The van der Waals surface area contributed by atoms with Crippen LogP contribution in [0.5, 0.6) is 0 Å². The minimum absolute atomic E-state index is 0.471. The zero-order valence-electron chi connectivity index (χ0n) is 10.2. The molecule has 1 aromatic carbocycles. The van der Waals surface area contributed by atoms with Crippen molar-refractivity contribution in [3.63, 3.8) is 0 Å². The quantitative estimate of drug-likeness (QED) is 0.697. The van der Waals surface area contributed by atoms with Crippen molar-refractivity contribution in [3.05, 3.63) is 35.9 Å². The van der Waals surface area contributed by atoms with Gasteiger partial charge in [-0.3, -0.25) is 0 Å². The van der Waals surface area contributed by atoms with E-state index in [2.05, 4.69) is 56.4 Å². The Balaban J connectivity index is 2.22. The standard InChI is InChI=1S/C14H23N/c1-12(2)8-7-11-15-13(3)14-9-5-4-6-10-14/h4-6,9-10,12-13,15H,7-8,11H2,1-3H3/t13-/m1/s1. The second-order valence-electron chi connectivity index (χ2n) is 4.62. The van der Waals surface area contributed by atoms with E-state index in [1.54, 1.807) is 0 Å². The Morgan fingerprint density at radius 1 is 1.07 bits per heavy atom. The zero-order chi connectivity index (χ0) is 11.1. The van der Waals surface area contributed by atoms with Crippen molar-refractivity contribution in [2.24, 2.45) is 5.92 Å². The molecule has 84 valence electrons. The van der Waals surface area contributed by atoms with E-state index in [0.717, 1.165) is 12.5 Å². The first kappa shape index (κ1) is 12.3. The maximum absolute atomic E-state index is 3.55. The molecule has 0 radical (unpaired) electrons. The predicted octanol–water partition coefficient (Wildman–Crippen LogP) is 3.77. The maximum Gasteiger partial charge on any atom is 0.0291 e. The molecule has 0 aromatic heterocycles. The molecule has 1 rings (SSSR count). The van der Waals surface area contributed by atoms with E-state index in [0.29, 0.717) is 6.04 Å². The monoisotopic (exact) mass is 205 g/mol. The normalized spacial score (nSPS) is 13.1. The number of rotatable bonds is 6. The van der Waals surface area contributed by atoms with Crippen molar-refractivity contribution in [3.8, 4) is 0 Å². The van der Waals surface area contributed by atoms with E-state index in [1.165, 1.54) is 18.4 Å². The third-order valence-corrected chi connectivity index (χ3v) is 2.71. The van der Waals surface area contributed by atoms with E-state index in [4.69, 9.17) is 0 Å². The summed E-state index contributed by atoms with van der Waals surface area (Å²) >= 11 is 0. The van der Waals surface area contributed by atoms with Gasteiger partial charge in [-0.2, -0.15) is 0 Å². The molecule has 0 aliphatic rings. The Morgan fingerprint density at radius 2 is 1.73 bits per heavy atom. The lowest BCUT2D eigenvalue weighted by Crippen LogP contribution is -2.20. The highest BCUT2D eigenvalue weighted by atomic mass is 14.9. The summed E-state index contributed by atoms with van der Waals surface area (Å²) in [5.74, 6) is 0.818. The Kier molecular flexibility index (Phi) is 5.41. The average molecular weight is 205 g/mol. The van der Waals surface area contributed by atoms with Crippen LogP contribution < -0.4 is 5.32 Å². The van der Waals surface area contributed by atoms with Gasteiger partial charge >= 0.3 is 0 Å². The van der Waals surface area contributed by atoms with E-state index in [-0.39, 0.29) is 0 Å². The molecule has 0 aliphatic carbocycles. The summed E-state index contributed by atoms with van der Waals surface area (Å²) in [4.78, 5) is 0. The highest BCUT2D eigenvalue weighted by Gasteiger charge is 2.02. The van der Waals surface area contributed by atoms with Crippen LogP contribution in [0.2, 0.25) is 0 Å². The van der Waals surface area contributed by atoms with Crippen molar-refractivity contribution < 1.29 is 0 Å². The van der Waals surface area contributed by atoms with Gasteiger partial charge in [0.25, 0.3) is 0 Å². The van der Waals surface area contributed by atoms with Crippen LogP contribution in [-0.2, 0) is 0 Å². The predicted molar refractivity (Wildman–Crippen MR) is 66.9 cm³/mol. The van der Waals surface area contributed by atoms with Crippen LogP contribution in [0.1, 0.15) is 45.2 Å². The second kappa shape index (κ2) is 6.62. The first-order chi connectivity index (χ1) is 7.20. The maximum atomic E-state index is 3.55. The Bertz CT molecular complexity index is 253. The van der Waals surface area contributed by atoms with Gasteiger partial charge in [0.05, 0.1) is 0 Å². The Labute approximate surface area is 93.9 Å². The lowest BCUT2D eigenvalue weighted by atomic mass is 10.1. The first-order valence-corrected chi connectivity index (χ1v) is 5.98. The summed E-state index contributed by atoms with van der Waals surface area (Å²) in [5.41, 5.74) is 1.38. The molecule has 15 heavy (non-hydrogen) atoms. The minimum atomic E-state index is 0.471. The van der Waals surface area contributed by atoms with Crippen molar-refractivity contribution in [2.45, 2.75) is 39.7 Å². The molecule has 0 spiro atoms. The molecule has 0 saturated heterocycles. The lowest BCUT2D eigenvalue weighted by molar-refractivity contribution is 0.497. The summed E-state index contributed by atoms with van der Waals surface area (Å²) in [6.45, 7) is 7.90. The van der Waals surface area contributed by atoms with Gasteiger partial charge in [0.15, 0.2) is 0 Å². The third kappa shape index (κ3) is 4.98. The fraction of sp³-hybridized carbons (Fsp3) is 0.571. The minimum Gasteiger partial charge on any atom is -0.310 e. The number of nitrogens with one attached hydrogen (secondary N) is 1. The summed E-state index contributed by atoms with van der Waals surface area (Å²) in [5, 5.41) is 3.55. The first-order valence-electron chi connectivity index (χ1n) is 5.98. The molecular formula is C14H23N. The van der Waals surface area contributed by atoms with Crippen LogP contribution >= 0.6 is 0 Å². The van der Waals surface area contributed by atoms with Gasteiger partial charge in [-0.15, -0.1) is 0 Å². The highest BCUT2D eigenvalue weighted by molar-refractivity contribution is 5.17. The molecule has 1 N–H and O–H groups in total. The fourth-order valence-corrected chi connectivity index (χ4v) is 1.69.